The summed E-state index contributed by atoms with van der Waals surface area (Å²) in [4.78, 5) is 0. The molecule has 5 aliphatic rings. The van der Waals surface area contributed by atoms with Gasteiger partial charge in [0.2, 0.25) is 0 Å². The van der Waals surface area contributed by atoms with Gasteiger partial charge in [0.1, 0.15) is 0 Å². The summed E-state index contributed by atoms with van der Waals surface area (Å²) in [7, 11) is 0. The molecule has 0 heterocycles. The average molecular weight is 407 g/mol. The van der Waals surface area contributed by atoms with Gasteiger partial charge in [0, 0.05) is 5.41 Å². The summed E-state index contributed by atoms with van der Waals surface area (Å²) in [5.41, 5.74) is 7.27. The van der Waals surface area contributed by atoms with Gasteiger partial charge < -0.3 is 0 Å². The molecule has 0 amide bonds. The normalized spacial score (nSPS) is 45.3. The smallest absolute Gasteiger partial charge is 0.00936 e. The van der Waals surface area contributed by atoms with Crippen LogP contribution in [0.1, 0.15) is 99.3 Å². The van der Waals surface area contributed by atoms with Gasteiger partial charge in [-0.1, -0.05) is 62.8 Å². The van der Waals surface area contributed by atoms with Crippen LogP contribution in [0.2, 0.25) is 0 Å². The zero-order chi connectivity index (χ0) is 20.4. The van der Waals surface area contributed by atoms with Gasteiger partial charge in [-0.2, -0.15) is 0 Å². The number of hydrogen-bond donors (Lipinski definition) is 0. The Morgan fingerprint density at radius 2 is 1.87 bits per heavy atom. The largest absolute Gasteiger partial charge is 0.0956 e. The lowest BCUT2D eigenvalue weighted by Gasteiger charge is -2.56. The van der Waals surface area contributed by atoms with Crippen LogP contribution in [0.5, 0.6) is 0 Å². The van der Waals surface area contributed by atoms with Crippen molar-refractivity contribution in [2.24, 2.45) is 40.4 Å². The molecule has 0 radical (unpaired) electrons. The summed E-state index contributed by atoms with van der Waals surface area (Å²) in [6.45, 7) is 14.3. The highest BCUT2D eigenvalue weighted by Gasteiger charge is 2.57. The fourth-order valence-corrected chi connectivity index (χ4v) is 8.79. The van der Waals surface area contributed by atoms with Crippen LogP contribution in [0.15, 0.2) is 47.1 Å². The Morgan fingerprint density at radius 3 is 2.63 bits per heavy atom. The summed E-state index contributed by atoms with van der Waals surface area (Å²) in [6, 6.07) is 0. The molecule has 0 aromatic carbocycles. The maximum Gasteiger partial charge on any atom is 0.00936 e. The van der Waals surface area contributed by atoms with Gasteiger partial charge in [-0.3, -0.25) is 0 Å². The third-order valence-corrected chi connectivity index (χ3v) is 10.7. The molecule has 7 unspecified atom stereocenters. The topological polar surface area (TPSA) is 0 Å². The SMILES string of the molecule is C.C=C1CC(CC2CCC3C4CC=C5CCC=CC5(C)C4CCC23C)CC(C)=C1C. The van der Waals surface area contributed by atoms with E-state index in [1.54, 1.807) is 11.1 Å². The van der Waals surface area contributed by atoms with E-state index in [4.69, 9.17) is 0 Å². The molecule has 0 heteroatoms. The Labute approximate surface area is 187 Å². The van der Waals surface area contributed by atoms with Crippen molar-refractivity contribution in [1.82, 2.24) is 0 Å². The van der Waals surface area contributed by atoms with Gasteiger partial charge in [0.15, 0.2) is 0 Å². The van der Waals surface area contributed by atoms with Crippen LogP contribution in [-0.4, -0.2) is 0 Å². The van der Waals surface area contributed by atoms with Crippen molar-refractivity contribution in [2.45, 2.75) is 99.3 Å². The Bertz CT molecular complexity index is 791. The molecule has 166 valence electrons. The molecule has 0 aromatic heterocycles. The van der Waals surface area contributed by atoms with Crippen LogP contribution < -0.4 is 0 Å². The predicted molar refractivity (Wildman–Crippen MR) is 131 cm³/mol. The fraction of sp³-hybridized carbons (Fsp3) is 0.733. The molecule has 2 saturated carbocycles. The van der Waals surface area contributed by atoms with E-state index < -0.39 is 0 Å². The lowest BCUT2D eigenvalue weighted by Crippen LogP contribution is -2.48. The zero-order valence-electron chi connectivity index (χ0n) is 19.4. The minimum Gasteiger partial charge on any atom is -0.0956 e. The van der Waals surface area contributed by atoms with Gasteiger partial charge in [0.05, 0.1) is 0 Å². The molecular weight excluding hydrogens is 360 g/mol. The molecule has 0 nitrogen and oxygen atoms in total. The Morgan fingerprint density at radius 1 is 1.07 bits per heavy atom. The minimum absolute atomic E-state index is 0. The molecule has 0 aromatic rings. The van der Waals surface area contributed by atoms with Crippen molar-refractivity contribution >= 4 is 0 Å². The number of rotatable bonds is 2. The second-order valence-electron chi connectivity index (χ2n) is 11.9. The predicted octanol–water partition coefficient (Wildman–Crippen LogP) is 9.06. The van der Waals surface area contributed by atoms with Crippen molar-refractivity contribution in [2.75, 3.05) is 0 Å². The first-order valence-electron chi connectivity index (χ1n) is 12.5. The summed E-state index contributed by atoms with van der Waals surface area (Å²) in [5.74, 6) is 4.58. The number of fused-ring (bicyclic) bond motifs is 5. The van der Waals surface area contributed by atoms with Gasteiger partial charge in [-0.05, 0) is 119 Å². The molecular formula is C30H46. The highest BCUT2D eigenvalue weighted by Crippen LogP contribution is 2.66. The molecule has 0 saturated heterocycles. The maximum atomic E-state index is 4.40. The lowest BCUT2D eigenvalue weighted by atomic mass is 9.48. The Kier molecular flexibility index (Phi) is 5.78. The van der Waals surface area contributed by atoms with Crippen LogP contribution in [0.4, 0.5) is 0 Å². The van der Waals surface area contributed by atoms with Crippen LogP contribution in [0, 0.1) is 40.4 Å². The van der Waals surface area contributed by atoms with Crippen molar-refractivity contribution in [3.63, 3.8) is 0 Å². The van der Waals surface area contributed by atoms with E-state index in [2.05, 4.69) is 52.5 Å². The monoisotopic (exact) mass is 406 g/mol. The maximum absolute atomic E-state index is 4.40. The van der Waals surface area contributed by atoms with E-state index in [0.29, 0.717) is 10.8 Å². The zero-order valence-corrected chi connectivity index (χ0v) is 19.4. The first kappa shape index (κ1) is 22.2. The standard InChI is InChI=1S/C29H42.CH4/c1-19-16-22(17-20(2)21(19)3)18-24-10-12-26-25-11-9-23-8-6-7-14-28(23,4)27(25)13-15-29(24,26)5;/h7,9,14,22,24-27H,1,6,8,10-13,15-18H2,2-5H3;1H4. The highest BCUT2D eigenvalue weighted by molar-refractivity contribution is 5.34. The molecule has 0 N–H and O–H groups in total. The van der Waals surface area contributed by atoms with Crippen molar-refractivity contribution in [3.05, 3.63) is 47.1 Å². The average Bonchev–Trinajstić information content (AvgIpc) is 3.02. The summed E-state index contributed by atoms with van der Waals surface area (Å²) < 4.78 is 0. The lowest BCUT2D eigenvalue weighted by molar-refractivity contribution is -0.0270. The van der Waals surface area contributed by atoms with E-state index in [-0.39, 0.29) is 7.43 Å². The first-order valence-corrected chi connectivity index (χ1v) is 12.5. The van der Waals surface area contributed by atoms with Gasteiger partial charge in [0.25, 0.3) is 0 Å². The van der Waals surface area contributed by atoms with Gasteiger partial charge >= 0.3 is 0 Å². The van der Waals surface area contributed by atoms with Crippen LogP contribution in [-0.2, 0) is 0 Å². The highest BCUT2D eigenvalue weighted by atomic mass is 14.6. The Balaban J connectivity index is 0.00000218. The molecule has 5 rings (SSSR count). The summed E-state index contributed by atoms with van der Waals surface area (Å²) in [5, 5.41) is 0. The molecule has 7 atom stereocenters. The molecule has 2 fully saturated rings. The van der Waals surface area contributed by atoms with Crippen LogP contribution in [0.25, 0.3) is 0 Å². The number of allylic oxidation sites excluding steroid dienone is 7. The van der Waals surface area contributed by atoms with Crippen LogP contribution in [0.3, 0.4) is 0 Å². The second kappa shape index (κ2) is 7.83. The van der Waals surface area contributed by atoms with E-state index in [1.807, 2.05) is 0 Å². The Hall–Kier alpha value is -1.04. The molecule has 30 heavy (non-hydrogen) atoms. The van der Waals surface area contributed by atoms with Gasteiger partial charge in [-0.15, -0.1) is 0 Å². The molecule has 5 aliphatic carbocycles. The first-order chi connectivity index (χ1) is 13.8. The van der Waals surface area contributed by atoms with Crippen molar-refractivity contribution < 1.29 is 0 Å². The third kappa shape index (κ3) is 3.23. The molecule has 0 spiro atoms. The summed E-state index contributed by atoms with van der Waals surface area (Å²) in [6.07, 6.45) is 21.7. The van der Waals surface area contributed by atoms with Gasteiger partial charge in [-0.25, -0.2) is 0 Å². The van der Waals surface area contributed by atoms with E-state index >= 15 is 0 Å². The minimum atomic E-state index is 0. The quantitative estimate of drug-likeness (QED) is 0.401. The second-order valence-corrected chi connectivity index (χ2v) is 11.9. The number of hydrogen-bond acceptors (Lipinski definition) is 0. The van der Waals surface area contributed by atoms with Crippen molar-refractivity contribution in [1.29, 1.82) is 0 Å². The van der Waals surface area contributed by atoms with E-state index in [0.717, 1.165) is 29.6 Å². The van der Waals surface area contributed by atoms with E-state index in [9.17, 15) is 0 Å². The van der Waals surface area contributed by atoms with Crippen LogP contribution >= 0.6 is 0 Å². The fourth-order valence-electron chi connectivity index (χ4n) is 8.79. The molecule has 0 bridgehead atoms. The third-order valence-electron chi connectivity index (χ3n) is 10.7. The molecule has 0 aliphatic heterocycles. The summed E-state index contributed by atoms with van der Waals surface area (Å²) >= 11 is 0. The van der Waals surface area contributed by atoms with E-state index in [1.165, 1.54) is 75.4 Å². The van der Waals surface area contributed by atoms with Crippen molar-refractivity contribution in [3.8, 4) is 0 Å².